The minimum atomic E-state index is -0.484. The van der Waals surface area contributed by atoms with Crippen LogP contribution in [0.3, 0.4) is 0 Å². The predicted molar refractivity (Wildman–Crippen MR) is 109 cm³/mol. The Hall–Kier alpha value is -3.19. The molecule has 0 aliphatic carbocycles. The molecule has 1 aromatic carbocycles. The van der Waals surface area contributed by atoms with Crippen molar-refractivity contribution in [2.24, 2.45) is 0 Å². The smallest absolute Gasteiger partial charge is 0.341 e. The van der Waals surface area contributed by atoms with Gasteiger partial charge in [-0.2, -0.15) is 0 Å². The molecule has 0 bridgehead atoms. The first kappa shape index (κ1) is 19.6. The second-order valence-electron chi connectivity index (χ2n) is 5.92. The van der Waals surface area contributed by atoms with Crippen molar-refractivity contribution in [3.05, 3.63) is 64.8 Å². The Bertz CT molecular complexity index is 996. The third kappa shape index (κ3) is 4.20. The van der Waals surface area contributed by atoms with Crippen molar-refractivity contribution in [3.8, 4) is 16.9 Å². The van der Waals surface area contributed by atoms with E-state index >= 15 is 0 Å². The normalized spacial score (nSPS) is 10.4. The zero-order valence-corrected chi connectivity index (χ0v) is 16.6. The van der Waals surface area contributed by atoms with Gasteiger partial charge in [0.1, 0.15) is 22.0 Å². The molecule has 0 unspecified atom stereocenters. The van der Waals surface area contributed by atoms with Gasteiger partial charge < -0.3 is 14.8 Å². The molecule has 0 aliphatic rings. The monoisotopic (exact) mass is 396 g/mol. The van der Waals surface area contributed by atoms with Crippen LogP contribution in [0.4, 0.5) is 5.00 Å². The van der Waals surface area contributed by atoms with E-state index in [1.807, 2.05) is 42.6 Å². The highest BCUT2D eigenvalue weighted by molar-refractivity contribution is 7.15. The summed E-state index contributed by atoms with van der Waals surface area (Å²) in [6.07, 6.45) is 0. The van der Waals surface area contributed by atoms with Gasteiger partial charge in [-0.15, -0.1) is 11.3 Å². The summed E-state index contributed by atoms with van der Waals surface area (Å²) in [7, 11) is 1.59. The number of carbonyl (C=O) groups excluding carboxylic acids is 2. The zero-order chi connectivity index (χ0) is 20.1. The lowest BCUT2D eigenvalue weighted by Gasteiger charge is -2.09. The number of thiophene rings is 1. The van der Waals surface area contributed by atoms with Gasteiger partial charge in [0, 0.05) is 16.6 Å². The molecule has 0 atom stereocenters. The van der Waals surface area contributed by atoms with E-state index in [2.05, 4.69) is 10.3 Å². The number of nitrogens with one attached hydrogen (secondary N) is 1. The standard InChI is InChI=1S/C21H20N2O4S/c1-4-27-21(25)18-16(14-8-10-15(26-3)11-9-14)12-28-20(18)23-19(24)17-7-5-6-13(2)22-17/h5-12H,4H2,1-3H3,(H,23,24). The molecule has 2 heterocycles. The van der Waals surface area contributed by atoms with Crippen molar-refractivity contribution >= 4 is 28.2 Å². The molecule has 0 fully saturated rings. The summed E-state index contributed by atoms with van der Waals surface area (Å²) in [4.78, 5) is 29.4. The van der Waals surface area contributed by atoms with Crippen LogP contribution in [-0.2, 0) is 4.74 Å². The average molecular weight is 396 g/mol. The Morgan fingerprint density at radius 2 is 1.89 bits per heavy atom. The highest BCUT2D eigenvalue weighted by atomic mass is 32.1. The van der Waals surface area contributed by atoms with Gasteiger partial charge in [0.25, 0.3) is 5.91 Å². The summed E-state index contributed by atoms with van der Waals surface area (Å²) in [5.74, 6) is -0.143. The Morgan fingerprint density at radius 3 is 2.54 bits per heavy atom. The average Bonchev–Trinajstić information content (AvgIpc) is 3.11. The Labute approximate surface area is 167 Å². The third-order valence-corrected chi connectivity index (χ3v) is 4.92. The van der Waals surface area contributed by atoms with Crippen molar-refractivity contribution in [1.82, 2.24) is 4.98 Å². The van der Waals surface area contributed by atoms with E-state index in [0.717, 1.165) is 17.0 Å². The van der Waals surface area contributed by atoms with Crippen LogP contribution < -0.4 is 10.1 Å². The number of nitrogens with zero attached hydrogens (tertiary/aromatic N) is 1. The van der Waals surface area contributed by atoms with Crippen LogP contribution in [0.5, 0.6) is 5.75 Å². The van der Waals surface area contributed by atoms with Gasteiger partial charge in [-0.05, 0) is 43.7 Å². The van der Waals surface area contributed by atoms with E-state index in [9.17, 15) is 9.59 Å². The number of pyridine rings is 1. The maximum atomic E-state index is 12.6. The van der Waals surface area contributed by atoms with Gasteiger partial charge >= 0.3 is 5.97 Å². The second kappa shape index (κ2) is 8.67. The minimum Gasteiger partial charge on any atom is -0.497 e. The van der Waals surface area contributed by atoms with Crippen molar-refractivity contribution in [3.63, 3.8) is 0 Å². The van der Waals surface area contributed by atoms with E-state index in [0.29, 0.717) is 16.1 Å². The molecule has 1 N–H and O–H groups in total. The number of hydrogen-bond acceptors (Lipinski definition) is 6. The lowest BCUT2D eigenvalue weighted by atomic mass is 10.0. The van der Waals surface area contributed by atoms with E-state index in [1.165, 1.54) is 11.3 Å². The fourth-order valence-electron chi connectivity index (χ4n) is 2.68. The highest BCUT2D eigenvalue weighted by Gasteiger charge is 2.23. The maximum Gasteiger partial charge on any atom is 0.341 e. The number of rotatable bonds is 6. The number of hydrogen-bond donors (Lipinski definition) is 1. The Morgan fingerprint density at radius 1 is 1.14 bits per heavy atom. The second-order valence-corrected chi connectivity index (χ2v) is 6.80. The largest absolute Gasteiger partial charge is 0.497 e. The lowest BCUT2D eigenvalue weighted by molar-refractivity contribution is 0.0529. The van der Waals surface area contributed by atoms with Crippen LogP contribution in [0.15, 0.2) is 47.8 Å². The summed E-state index contributed by atoms with van der Waals surface area (Å²) >= 11 is 1.27. The fraction of sp³-hybridized carbons (Fsp3) is 0.190. The van der Waals surface area contributed by atoms with E-state index in [4.69, 9.17) is 9.47 Å². The number of benzene rings is 1. The summed E-state index contributed by atoms with van der Waals surface area (Å²) in [5.41, 5.74) is 2.88. The summed E-state index contributed by atoms with van der Waals surface area (Å²) in [6, 6.07) is 12.6. The van der Waals surface area contributed by atoms with Gasteiger partial charge in [-0.25, -0.2) is 9.78 Å². The number of carbonyl (C=O) groups is 2. The van der Waals surface area contributed by atoms with Crippen LogP contribution in [-0.4, -0.2) is 30.6 Å². The first-order valence-corrected chi connectivity index (χ1v) is 9.59. The van der Waals surface area contributed by atoms with Crippen molar-refractivity contribution in [2.75, 3.05) is 19.0 Å². The zero-order valence-electron chi connectivity index (χ0n) is 15.8. The van der Waals surface area contributed by atoms with Gasteiger partial charge in [-0.1, -0.05) is 18.2 Å². The molecule has 7 heteroatoms. The number of aromatic nitrogens is 1. The molecule has 1 amide bonds. The van der Waals surface area contributed by atoms with Gasteiger partial charge in [0.05, 0.1) is 13.7 Å². The maximum absolute atomic E-state index is 12.6. The molecule has 0 saturated carbocycles. The van der Waals surface area contributed by atoms with Crippen molar-refractivity contribution in [2.45, 2.75) is 13.8 Å². The lowest BCUT2D eigenvalue weighted by Crippen LogP contribution is -2.16. The molecule has 3 aromatic rings. The van der Waals surface area contributed by atoms with Crippen LogP contribution in [0.1, 0.15) is 33.5 Å². The first-order chi connectivity index (χ1) is 13.5. The molecule has 144 valence electrons. The molecule has 3 rings (SSSR count). The van der Waals surface area contributed by atoms with Crippen molar-refractivity contribution < 1.29 is 19.1 Å². The topological polar surface area (TPSA) is 77.5 Å². The van der Waals surface area contributed by atoms with Crippen LogP contribution in [0.25, 0.3) is 11.1 Å². The number of methoxy groups -OCH3 is 1. The van der Waals surface area contributed by atoms with Crippen molar-refractivity contribution in [1.29, 1.82) is 0 Å². The van der Waals surface area contributed by atoms with Crippen LogP contribution >= 0.6 is 11.3 Å². The number of esters is 1. The molecule has 0 aliphatic heterocycles. The van der Waals surface area contributed by atoms with Crippen LogP contribution in [0, 0.1) is 6.92 Å². The van der Waals surface area contributed by atoms with E-state index in [1.54, 1.807) is 26.2 Å². The molecular weight excluding hydrogens is 376 g/mol. The molecule has 0 spiro atoms. The summed E-state index contributed by atoms with van der Waals surface area (Å²) in [5, 5.41) is 5.05. The number of anilines is 1. The highest BCUT2D eigenvalue weighted by Crippen LogP contribution is 2.37. The number of ether oxygens (including phenoxy) is 2. The summed E-state index contributed by atoms with van der Waals surface area (Å²) < 4.78 is 10.4. The Balaban J connectivity index is 1.97. The molecule has 0 radical (unpaired) electrons. The van der Waals surface area contributed by atoms with Gasteiger partial charge in [0.2, 0.25) is 0 Å². The molecular formula is C21H20N2O4S. The van der Waals surface area contributed by atoms with E-state index in [-0.39, 0.29) is 18.2 Å². The molecule has 6 nitrogen and oxygen atoms in total. The minimum absolute atomic E-state index is 0.240. The molecule has 28 heavy (non-hydrogen) atoms. The SMILES string of the molecule is CCOC(=O)c1c(-c2ccc(OC)cc2)csc1NC(=O)c1cccc(C)n1. The number of aryl methyl sites for hydroxylation is 1. The van der Waals surface area contributed by atoms with Gasteiger partial charge in [-0.3, -0.25) is 4.79 Å². The summed E-state index contributed by atoms with van der Waals surface area (Å²) in [6.45, 7) is 3.80. The Kier molecular flexibility index (Phi) is 6.06. The quantitative estimate of drug-likeness (QED) is 0.618. The predicted octanol–water partition coefficient (Wildman–Crippen LogP) is 4.56. The third-order valence-electron chi connectivity index (χ3n) is 4.02. The molecule has 2 aromatic heterocycles. The van der Waals surface area contributed by atoms with E-state index < -0.39 is 5.97 Å². The van der Waals surface area contributed by atoms with Gasteiger partial charge in [0.15, 0.2) is 0 Å². The van der Waals surface area contributed by atoms with Crippen LogP contribution in [0.2, 0.25) is 0 Å². The fourth-order valence-corrected chi connectivity index (χ4v) is 3.63. The number of amides is 1. The molecule has 0 saturated heterocycles. The first-order valence-electron chi connectivity index (χ1n) is 8.71.